The van der Waals surface area contributed by atoms with E-state index in [4.69, 9.17) is 9.15 Å². The van der Waals surface area contributed by atoms with Gasteiger partial charge < -0.3 is 14.5 Å². The summed E-state index contributed by atoms with van der Waals surface area (Å²) < 4.78 is 10.6. The normalized spacial score (nSPS) is 18.5. The first-order chi connectivity index (χ1) is 8.72. The Hall–Kier alpha value is -2.23. The SMILES string of the molecule is Cc1ccc(-c2ccc(C3COC(=O)N3)o2)cc1. The molecule has 1 amide bonds. The Labute approximate surface area is 105 Å². The number of alkyl carbamates (subject to hydrolysis) is 1. The minimum Gasteiger partial charge on any atom is -0.459 e. The van der Waals surface area contributed by atoms with Crippen LogP contribution >= 0.6 is 0 Å². The van der Waals surface area contributed by atoms with Crippen molar-refractivity contribution in [3.63, 3.8) is 0 Å². The molecule has 4 heteroatoms. The number of benzene rings is 1. The summed E-state index contributed by atoms with van der Waals surface area (Å²) >= 11 is 0. The molecule has 1 atom stereocenters. The minimum atomic E-state index is -0.395. The van der Waals surface area contributed by atoms with E-state index in [-0.39, 0.29) is 6.04 Å². The van der Waals surface area contributed by atoms with Crippen LogP contribution in [0.3, 0.4) is 0 Å². The second-order valence-electron chi connectivity index (χ2n) is 4.36. The van der Waals surface area contributed by atoms with E-state index in [1.807, 2.05) is 43.3 Å². The summed E-state index contributed by atoms with van der Waals surface area (Å²) in [5.41, 5.74) is 2.24. The first-order valence-corrected chi connectivity index (χ1v) is 5.82. The largest absolute Gasteiger partial charge is 0.459 e. The first-order valence-electron chi connectivity index (χ1n) is 5.82. The number of amides is 1. The molecule has 0 aliphatic carbocycles. The lowest BCUT2D eigenvalue weighted by Gasteiger charge is -2.02. The Balaban J connectivity index is 1.85. The average Bonchev–Trinajstić information content (AvgIpc) is 2.98. The number of rotatable bonds is 2. The molecule has 1 aromatic carbocycles. The number of aryl methyl sites for hydroxylation is 1. The van der Waals surface area contributed by atoms with Crippen LogP contribution in [-0.4, -0.2) is 12.7 Å². The predicted octanol–water partition coefficient (Wildman–Crippen LogP) is 3.04. The summed E-state index contributed by atoms with van der Waals surface area (Å²) in [7, 11) is 0. The number of carbonyl (C=O) groups excluding carboxylic acids is 1. The molecule has 3 rings (SSSR count). The van der Waals surface area contributed by atoms with Crippen molar-refractivity contribution in [1.82, 2.24) is 5.32 Å². The van der Waals surface area contributed by atoms with Crippen LogP contribution in [0.25, 0.3) is 11.3 Å². The molecule has 0 radical (unpaired) electrons. The highest BCUT2D eigenvalue weighted by Gasteiger charge is 2.26. The second-order valence-corrected chi connectivity index (χ2v) is 4.36. The third kappa shape index (κ3) is 1.97. The van der Waals surface area contributed by atoms with Gasteiger partial charge in [0, 0.05) is 5.56 Å². The van der Waals surface area contributed by atoms with Crippen LogP contribution in [0.1, 0.15) is 17.4 Å². The molecule has 1 N–H and O–H groups in total. The molecule has 2 aromatic rings. The minimum absolute atomic E-state index is 0.184. The topological polar surface area (TPSA) is 51.5 Å². The average molecular weight is 243 g/mol. The van der Waals surface area contributed by atoms with Gasteiger partial charge in [-0.05, 0) is 19.1 Å². The Morgan fingerprint density at radius 1 is 1.17 bits per heavy atom. The summed E-state index contributed by atoms with van der Waals surface area (Å²) in [4.78, 5) is 11.0. The molecular weight excluding hydrogens is 230 g/mol. The van der Waals surface area contributed by atoms with Crippen molar-refractivity contribution in [2.24, 2.45) is 0 Å². The fraction of sp³-hybridized carbons (Fsp3) is 0.214. The van der Waals surface area contributed by atoms with Gasteiger partial charge in [-0.1, -0.05) is 29.8 Å². The highest BCUT2D eigenvalue weighted by Crippen LogP contribution is 2.27. The number of furan rings is 1. The van der Waals surface area contributed by atoms with Crippen molar-refractivity contribution in [2.45, 2.75) is 13.0 Å². The van der Waals surface area contributed by atoms with Gasteiger partial charge in [0.1, 0.15) is 24.2 Å². The standard InChI is InChI=1S/C14H13NO3/c1-9-2-4-10(5-3-9)12-6-7-13(18-12)11-8-17-14(16)15-11/h2-7,11H,8H2,1H3,(H,15,16). The number of carbonyl (C=O) groups is 1. The fourth-order valence-corrected chi connectivity index (χ4v) is 1.95. The van der Waals surface area contributed by atoms with Gasteiger partial charge in [0.2, 0.25) is 0 Å². The Morgan fingerprint density at radius 3 is 2.61 bits per heavy atom. The molecule has 4 nitrogen and oxygen atoms in total. The van der Waals surface area contributed by atoms with E-state index in [9.17, 15) is 4.79 Å². The summed E-state index contributed by atoms with van der Waals surface area (Å²) in [6, 6.07) is 11.7. The molecule has 1 aromatic heterocycles. The van der Waals surface area contributed by atoms with Crippen molar-refractivity contribution in [1.29, 1.82) is 0 Å². The molecule has 1 unspecified atom stereocenters. The van der Waals surface area contributed by atoms with E-state index in [1.165, 1.54) is 5.56 Å². The molecule has 1 saturated heterocycles. The van der Waals surface area contributed by atoms with Crippen LogP contribution in [-0.2, 0) is 4.74 Å². The highest BCUT2D eigenvalue weighted by molar-refractivity contribution is 5.70. The van der Waals surface area contributed by atoms with Gasteiger partial charge in [-0.15, -0.1) is 0 Å². The van der Waals surface area contributed by atoms with Crippen LogP contribution < -0.4 is 5.32 Å². The van der Waals surface area contributed by atoms with Gasteiger partial charge in [-0.2, -0.15) is 0 Å². The second kappa shape index (κ2) is 4.22. The lowest BCUT2D eigenvalue weighted by molar-refractivity contribution is 0.176. The number of hydrogen-bond acceptors (Lipinski definition) is 3. The Morgan fingerprint density at radius 2 is 1.94 bits per heavy atom. The number of cyclic esters (lactones) is 1. The molecular formula is C14H13NO3. The van der Waals surface area contributed by atoms with Crippen molar-refractivity contribution >= 4 is 6.09 Å². The zero-order chi connectivity index (χ0) is 12.5. The van der Waals surface area contributed by atoms with Crippen molar-refractivity contribution in [3.8, 4) is 11.3 Å². The van der Waals surface area contributed by atoms with Crippen molar-refractivity contribution < 1.29 is 13.9 Å². The van der Waals surface area contributed by atoms with Gasteiger partial charge in [0.05, 0.1) is 0 Å². The van der Waals surface area contributed by atoms with Crippen molar-refractivity contribution in [3.05, 3.63) is 47.7 Å². The maximum absolute atomic E-state index is 11.0. The quantitative estimate of drug-likeness (QED) is 0.882. The molecule has 1 fully saturated rings. The molecule has 1 aliphatic rings. The molecule has 92 valence electrons. The van der Waals surface area contributed by atoms with Gasteiger partial charge in [0.25, 0.3) is 0 Å². The van der Waals surface area contributed by atoms with Crippen LogP contribution in [0.15, 0.2) is 40.8 Å². The van der Waals surface area contributed by atoms with E-state index in [1.54, 1.807) is 0 Å². The number of hydrogen-bond donors (Lipinski definition) is 1. The highest BCUT2D eigenvalue weighted by atomic mass is 16.6. The third-order valence-corrected chi connectivity index (χ3v) is 2.98. The molecule has 0 spiro atoms. The first kappa shape index (κ1) is 10.9. The molecule has 1 aliphatic heterocycles. The summed E-state index contributed by atoms with van der Waals surface area (Å²) in [5.74, 6) is 1.52. The summed E-state index contributed by atoms with van der Waals surface area (Å²) in [6.07, 6.45) is -0.395. The van der Waals surface area contributed by atoms with Gasteiger partial charge in [0.15, 0.2) is 0 Å². The molecule has 0 saturated carbocycles. The monoisotopic (exact) mass is 243 g/mol. The van der Waals surface area contributed by atoms with Crippen molar-refractivity contribution in [2.75, 3.05) is 6.61 Å². The lowest BCUT2D eigenvalue weighted by Crippen LogP contribution is -2.17. The fourth-order valence-electron chi connectivity index (χ4n) is 1.95. The lowest BCUT2D eigenvalue weighted by atomic mass is 10.1. The maximum Gasteiger partial charge on any atom is 0.407 e. The maximum atomic E-state index is 11.0. The molecule has 0 bridgehead atoms. The van der Waals surface area contributed by atoms with Crippen LogP contribution in [0.5, 0.6) is 0 Å². The van der Waals surface area contributed by atoms with Crippen LogP contribution in [0.2, 0.25) is 0 Å². The summed E-state index contributed by atoms with van der Waals surface area (Å²) in [5, 5.41) is 2.69. The third-order valence-electron chi connectivity index (χ3n) is 2.98. The van der Waals surface area contributed by atoms with E-state index in [0.717, 1.165) is 17.1 Å². The van der Waals surface area contributed by atoms with E-state index in [0.29, 0.717) is 6.61 Å². The number of ether oxygens (including phenoxy) is 1. The zero-order valence-corrected chi connectivity index (χ0v) is 9.97. The van der Waals surface area contributed by atoms with Gasteiger partial charge in [-0.25, -0.2) is 4.79 Å². The van der Waals surface area contributed by atoms with E-state index in [2.05, 4.69) is 5.32 Å². The van der Waals surface area contributed by atoms with E-state index < -0.39 is 6.09 Å². The van der Waals surface area contributed by atoms with Crippen LogP contribution in [0.4, 0.5) is 4.79 Å². The number of nitrogens with one attached hydrogen (secondary N) is 1. The Kier molecular flexibility index (Phi) is 2.55. The Bertz CT molecular complexity index is 571. The molecule has 18 heavy (non-hydrogen) atoms. The van der Waals surface area contributed by atoms with E-state index >= 15 is 0 Å². The smallest absolute Gasteiger partial charge is 0.407 e. The predicted molar refractivity (Wildman–Crippen MR) is 66.1 cm³/mol. The van der Waals surface area contributed by atoms with Gasteiger partial charge in [-0.3, -0.25) is 0 Å². The zero-order valence-electron chi connectivity index (χ0n) is 9.97. The van der Waals surface area contributed by atoms with Crippen LogP contribution in [0, 0.1) is 6.92 Å². The summed E-state index contributed by atoms with van der Waals surface area (Å²) in [6.45, 7) is 2.36. The molecule has 2 heterocycles. The van der Waals surface area contributed by atoms with Gasteiger partial charge >= 0.3 is 6.09 Å².